The van der Waals surface area contributed by atoms with Gasteiger partial charge in [-0.1, -0.05) is 6.58 Å². The van der Waals surface area contributed by atoms with Gasteiger partial charge in [0.15, 0.2) is 9.84 Å². The fourth-order valence-corrected chi connectivity index (χ4v) is 1.63. The molecule has 0 saturated carbocycles. The molecule has 0 N–H and O–H groups in total. The number of carbonyl (C=O) groups is 1. The summed E-state index contributed by atoms with van der Waals surface area (Å²) in [5, 5.41) is 0. The highest BCUT2D eigenvalue weighted by Crippen LogP contribution is 1.96. The first kappa shape index (κ1) is 11.2. The van der Waals surface area contributed by atoms with Gasteiger partial charge < -0.3 is 4.74 Å². The Morgan fingerprint density at radius 3 is 2.50 bits per heavy atom. The van der Waals surface area contributed by atoms with Crippen molar-refractivity contribution in [3.05, 3.63) is 12.7 Å². The summed E-state index contributed by atoms with van der Waals surface area (Å²) >= 11 is 0. The Labute approximate surface area is 72.1 Å². The molecule has 0 amide bonds. The fraction of sp³-hybridized carbons (Fsp3) is 0.571. The van der Waals surface area contributed by atoms with E-state index in [9.17, 15) is 13.2 Å². The summed E-state index contributed by atoms with van der Waals surface area (Å²) in [5.74, 6) is -0.766. The molecule has 0 radical (unpaired) electrons. The van der Waals surface area contributed by atoms with Gasteiger partial charge in [0.2, 0.25) is 0 Å². The second kappa shape index (κ2) is 4.25. The average molecular weight is 192 g/mol. The normalized spacial score (nSPS) is 13.5. The molecule has 0 aromatic carbocycles. The van der Waals surface area contributed by atoms with E-state index in [0.29, 0.717) is 0 Å². The molecule has 0 aliphatic heterocycles. The van der Waals surface area contributed by atoms with Gasteiger partial charge in [-0.3, -0.25) is 0 Å². The third-order valence-electron chi connectivity index (χ3n) is 1.02. The van der Waals surface area contributed by atoms with Gasteiger partial charge in [-0.2, -0.15) is 0 Å². The van der Waals surface area contributed by atoms with Gasteiger partial charge in [0, 0.05) is 12.3 Å². The first-order chi connectivity index (χ1) is 5.35. The van der Waals surface area contributed by atoms with Crippen molar-refractivity contribution in [2.75, 3.05) is 12.0 Å². The van der Waals surface area contributed by atoms with E-state index < -0.39 is 21.9 Å². The summed E-state index contributed by atoms with van der Waals surface area (Å²) in [5.41, 5.74) is 0. The number of sulfone groups is 1. The van der Waals surface area contributed by atoms with Crippen LogP contribution in [0.5, 0.6) is 0 Å². The van der Waals surface area contributed by atoms with Crippen LogP contribution >= 0.6 is 0 Å². The van der Waals surface area contributed by atoms with Gasteiger partial charge in [-0.25, -0.2) is 13.2 Å². The molecule has 0 spiro atoms. The van der Waals surface area contributed by atoms with E-state index in [0.717, 1.165) is 12.3 Å². The largest absolute Gasteiger partial charge is 0.458 e. The highest BCUT2D eigenvalue weighted by atomic mass is 32.2. The molecule has 12 heavy (non-hydrogen) atoms. The molecule has 0 heterocycles. The van der Waals surface area contributed by atoms with E-state index in [1.807, 2.05) is 0 Å². The number of rotatable bonds is 4. The SMILES string of the molecule is C=CC(=O)OC(C)CS(C)(=O)=O. The maximum atomic E-state index is 10.7. The quantitative estimate of drug-likeness (QED) is 0.470. The van der Waals surface area contributed by atoms with Crippen molar-refractivity contribution in [1.82, 2.24) is 0 Å². The molecule has 0 fully saturated rings. The predicted molar refractivity (Wildman–Crippen MR) is 45.5 cm³/mol. The Hall–Kier alpha value is -0.840. The molecule has 1 atom stereocenters. The molecule has 5 heteroatoms. The third kappa shape index (κ3) is 5.91. The molecule has 0 aromatic heterocycles. The Morgan fingerprint density at radius 1 is 1.67 bits per heavy atom. The summed E-state index contributed by atoms with van der Waals surface area (Å²) in [4.78, 5) is 10.6. The second-order valence-electron chi connectivity index (χ2n) is 2.54. The van der Waals surface area contributed by atoms with Crippen molar-refractivity contribution in [2.24, 2.45) is 0 Å². The van der Waals surface area contributed by atoms with Crippen LogP contribution in [-0.4, -0.2) is 32.5 Å². The van der Waals surface area contributed by atoms with Gasteiger partial charge in [0.1, 0.15) is 6.10 Å². The van der Waals surface area contributed by atoms with Gasteiger partial charge >= 0.3 is 5.97 Å². The molecule has 0 bridgehead atoms. The Balaban J connectivity index is 3.99. The third-order valence-corrected chi connectivity index (χ3v) is 2.10. The zero-order valence-electron chi connectivity index (χ0n) is 7.11. The Bertz CT molecular complexity index is 265. The molecular weight excluding hydrogens is 180 g/mol. The van der Waals surface area contributed by atoms with Crippen molar-refractivity contribution < 1.29 is 17.9 Å². The van der Waals surface area contributed by atoms with Gasteiger partial charge in [0.25, 0.3) is 0 Å². The smallest absolute Gasteiger partial charge is 0.330 e. The predicted octanol–water partition coefficient (Wildman–Crippen LogP) is 0.149. The molecule has 0 aliphatic rings. The van der Waals surface area contributed by atoms with E-state index in [1.54, 1.807) is 0 Å². The lowest BCUT2D eigenvalue weighted by molar-refractivity contribution is -0.141. The molecule has 1 unspecified atom stereocenters. The zero-order valence-corrected chi connectivity index (χ0v) is 7.93. The fourth-order valence-electron chi connectivity index (χ4n) is 0.707. The minimum atomic E-state index is -3.09. The van der Waals surface area contributed by atoms with E-state index >= 15 is 0 Å². The maximum absolute atomic E-state index is 10.7. The topological polar surface area (TPSA) is 60.4 Å². The van der Waals surface area contributed by atoms with Crippen molar-refractivity contribution >= 4 is 15.8 Å². The summed E-state index contributed by atoms with van der Waals surface area (Å²) in [6.45, 7) is 4.70. The number of hydrogen-bond acceptors (Lipinski definition) is 4. The molecule has 70 valence electrons. The minimum Gasteiger partial charge on any atom is -0.458 e. The van der Waals surface area contributed by atoms with Crippen LogP contribution in [0.3, 0.4) is 0 Å². The lowest BCUT2D eigenvalue weighted by atomic mass is 10.5. The van der Waals surface area contributed by atoms with Crippen LogP contribution in [0, 0.1) is 0 Å². The van der Waals surface area contributed by atoms with Gasteiger partial charge in [-0.05, 0) is 6.92 Å². The summed E-state index contributed by atoms with van der Waals surface area (Å²) < 4.78 is 26.0. The first-order valence-corrected chi connectivity index (χ1v) is 5.42. The summed E-state index contributed by atoms with van der Waals surface area (Å²) in [7, 11) is -3.09. The Kier molecular flexibility index (Phi) is 3.95. The van der Waals surface area contributed by atoms with Crippen molar-refractivity contribution in [2.45, 2.75) is 13.0 Å². The second-order valence-corrected chi connectivity index (χ2v) is 4.73. The number of carbonyl (C=O) groups excluding carboxylic acids is 1. The summed E-state index contributed by atoms with van der Waals surface area (Å²) in [6.07, 6.45) is 1.47. The van der Waals surface area contributed by atoms with Crippen LogP contribution in [0.1, 0.15) is 6.92 Å². The molecule has 4 nitrogen and oxygen atoms in total. The first-order valence-electron chi connectivity index (χ1n) is 3.36. The van der Waals surface area contributed by atoms with E-state index in [1.165, 1.54) is 6.92 Å². The molecule has 0 rings (SSSR count). The van der Waals surface area contributed by atoms with E-state index in [2.05, 4.69) is 11.3 Å². The number of esters is 1. The average Bonchev–Trinajstić information content (AvgIpc) is 1.82. The van der Waals surface area contributed by atoms with Crippen LogP contribution in [0.15, 0.2) is 12.7 Å². The molecule has 0 aromatic rings. The maximum Gasteiger partial charge on any atom is 0.330 e. The van der Waals surface area contributed by atoms with Gasteiger partial charge in [0.05, 0.1) is 5.75 Å². The highest BCUT2D eigenvalue weighted by Gasteiger charge is 2.12. The minimum absolute atomic E-state index is 0.160. The molecular formula is C7H12O4S. The van der Waals surface area contributed by atoms with Gasteiger partial charge in [-0.15, -0.1) is 0 Å². The van der Waals surface area contributed by atoms with Crippen molar-refractivity contribution in [3.63, 3.8) is 0 Å². The number of ether oxygens (including phenoxy) is 1. The highest BCUT2D eigenvalue weighted by molar-refractivity contribution is 7.90. The van der Waals surface area contributed by atoms with E-state index in [4.69, 9.17) is 0 Å². The van der Waals surface area contributed by atoms with Crippen molar-refractivity contribution in [3.8, 4) is 0 Å². The number of hydrogen-bond donors (Lipinski definition) is 0. The van der Waals surface area contributed by atoms with Crippen LogP contribution < -0.4 is 0 Å². The lowest BCUT2D eigenvalue weighted by Gasteiger charge is -2.09. The molecule has 0 saturated heterocycles. The zero-order chi connectivity index (χ0) is 9.78. The molecule has 0 aliphatic carbocycles. The lowest BCUT2D eigenvalue weighted by Crippen LogP contribution is -2.22. The van der Waals surface area contributed by atoms with Crippen LogP contribution in [-0.2, 0) is 19.4 Å². The van der Waals surface area contributed by atoms with Crippen LogP contribution in [0.2, 0.25) is 0 Å². The standard InChI is InChI=1S/C7H12O4S/c1-4-7(8)11-6(2)5-12(3,9)10/h4,6H,1,5H2,2-3H3. The monoisotopic (exact) mass is 192 g/mol. The Morgan fingerprint density at radius 2 is 2.17 bits per heavy atom. The summed E-state index contributed by atoms with van der Waals surface area (Å²) in [6, 6.07) is 0. The van der Waals surface area contributed by atoms with Crippen molar-refractivity contribution in [1.29, 1.82) is 0 Å². The van der Waals surface area contributed by atoms with Crippen LogP contribution in [0.25, 0.3) is 0 Å². The van der Waals surface area contributed by atoms with Crippen LogP contribution in [0.4, 0.5) is 0 Å². The van der Waals surface area contributed by atoms with E-state index in [-0.39, 0.29) is 5.75 Å².